The molecule has 0 aliphatic carbocycles. The molecule has 0 saturated carbocycles. The molecule has 0 bridgehead atoms. The van der Waals surface area contributed by atoms with Gasteiger partial charge in [-0.15, -0.1) is 0 Å². The van der Waals surface area contributed by atoms with Gasteiger partial charge in [0.2, 0.25) is 0 Å². The van der Waals surface area contributed by atoms with Crippen molar-refractivity contribution in [2.45, 2.75) is 33.2 Å². The standard InChI is InChI=1S/C14H17N3O/c1-9-11(13(18)17-14(2,3)4)7-10-8-15-6-5-12(10)16-9/h5-8H,1-4H3,(H,17,18). The summed E-state index contributed by atoms with van der Waals surface area (Å²) >= 11 is 0. The number of fused-ring (bicyclic) bond motifs is 1. The summed E-state index contributed by atoms with van der Waals surface area (Å²) in [6.45, 7) is 7.71. The lowest BCUT2D eigenvalue weighted by molar-refractivity contribution is 0.0918. The van der Waals surface area contributed by atoms with Gasteiger partial charge in [0, 0.05) is 23.3 Å². The smallest absolute Gasteiger partial charge is 0.253 e. The van der Waals surface area contributed by atoms with Crippen LogP contribution in [-0.4, -0.2) is 21.4 Å². The maximum absolute atomic E-state index is 12.2. The molecule has 2 rings (SSSR count). The quantitative estimate of drug-likeness (QED) is 0.837. The minimum absolute atomic E-state index is 0.0988. The van der Waals surface area contributed by atoms with Gasteiger partial charge in [0.05, 0.1) is 16.8 Å². The van der Waals surface area contributed by atoms with E-state index in [0.717, 1.165) is 16.6 Å². The van der Waals surface area contributed by atoms with Crippen molar-refractivity contribution < 1.29 is 4.79 Å². The minimum atomic E-state index is -0.257. The van der Waals surface area contributed by atoms with Crippen LogP contribution in [0, 0.1) is 6.92 Å². The van der Waals surface area contributed by atoms with E-state index in [1.807, 2.05) is 39.8 Å². The molecule has 0 radical (unpaired) electrons. The Labute approximate surface area is 106 Å². The monoisotopic (exact) mass is 243 g/mol. The van der Waals surface area contributed by atoms with E-state index < -0.39 is 0 Å². The van der Waals surface area contributed by atoms with Crippen LogP contribution in [0.25, 0.3) is 10.9 Å². The fourth-order valence-electron chi connectivity index (χ4n) is 1.75. The molecule has 0 unspecified atom stereocenters. The highest BCUT2D eigenvalue weighted by Crippen LogP contribution is 2.16. The number of nitrogens with zero attached hydrogens (tertiary/aromatic N) is 2. The third-order valence-corrected chi connectivity index (χ3v) is 2.54. The van der Waals surface area contributed by atoms with E-state index in [9.17, 15) is 4.79 Å². The van der Waals surface area contributed by atoms with Crippen molar-refractivity contribution in [3.8, 4) is 0 Å². The number of amides is 1. The van der Waals surface area contributed by atoms with Crippen LogP contribution in [0.2, 0.25) is 0 Å². The molecule has 4 heteroatoms. The van der Waals surface area contributed by atoms with Crippen molar-refractivity contribution >= 4 is 16.8 Å². The van der Waals surface area contributed by atoms with Gasteiger partial charge >= 0.3 is 0 Å². The average molecular weight is 243 g/mol. The van der Waals surface area contributed by atoms with Gasteiger partial charge in [-0.1, -0.05) is 0 Å². The number of hydrogen-bond donors (Lipinski definition) is 1. The molecule has 0 aliphatic heterocycles. The summed E-state index contributed by atoms with van der Waals surface area (Å²) in [6.07, 6.45) is 3.42. The van der Waals surface area contributed by atoms with Crippen LogP contribution in [0.4, 0.5) is 0 Å². The van der Waals surface area contributed by atoms with Gasteiger partial charge < -0.3 is 5.32 Å². The summed E-state index contributed by atoms with van der Waals surface area (Å²) < 4.78 is 0. The Balaban J connectivity index is 2.45. The van der Waals surface area contributed by atoms with Crippen LogP contribution in [0.5, 0.6) is 0 Å². The molecule has 0 atom stereocenters. The van der Waals surface area contributed by atoms with E-state index in [1.54, 1.807) is 12.4 Å². The molecule has 1 amide bonds. The van der Waals surface area contributed by atoms with Gasteiger partial charge in [-0.05, 0) is 39.8 Å². The highest BCUT2D eigenvalue weighted by molar-refractivity contribution is 5.98. The molecule has 0 aliphatic rings. The summed E-state index contributed by atoms with van der Waals surface area (Å²) in [5.41, 5.74) is 1.93. The lowest BCUT2D eigenvalue weighted by Gasteiger charge is -2.21. The zero-order chi connectivity index (χ0) is 13.3. The van der Waals surface area contributed by atoms with Gasteiger partial charge in [-0.2, -0.15) is 0 Å². The van der Waals surface area contributed by atoms with E-state index in [2.05, 4.69) is 15.3 Å². The number of carbonyl (C=O) groups excluding carboxylic acids is 1. The Hall–Kier alpha value is -1.97. The number of hydrogen-bond acceptors (Lipinski definition) is 3. The predicted octanol–water partition coefficient (Wildman–Crippen LogP) is 2.47. The SMILES string of the molecule is Cc1nc2ccncc2cc1C(=O)NC(C)(C)C. The Morgan fingerprint density at radius 3 is 2.72 bits per heavy atom. The van der Waals surface area contributed by atoms with Crippen molar-refractivity contribution in [2.75, 3.05) is 0 Å². The molecule has 18 heavy (non-hydrogen) atoms. The van der Waals surface area contributed by atoms with Gasteiger partial charge in [0.25, 0.3) is 5.91 Å². The van der Waals surface area contributed by atoms with Crippen LogP contribution in [0.1, 0.15) is 36.8 Å². The number of aryl methyl sites for hydroxylation is 1. The summed E-state index contributed by atoms with van der Waals surface area (Å²) in [6, 6.07) is 3.68. The number of rotatable bonds is 1. The summed E-state index contributed by atoms with van der Waals surface area (Å²) in [4.78, 5) is 20.6. The summed E-state index contributed by atoms with van der Waals surface area (Å²) in [7, 11) is 0. The molecule has 2 aromatic heterocycles. The Morgan fingerprint density at radius 1 is 1.33 bits per heavy atom. The topological polar surface area (TPSA) is 54.9 Å². The largest absolute Gasteiger partial charge is 0.347 e. The van der Waals surface area contributed by atoms with Crippen LogP contribution in [-0.2, 0) is 0 Å². The van der Waals surface area contributed by atoms with E-state index in [-0.39, 0.29) is 11.4 Å². The molecule has 94 valence electrons. The fraction of sp³-hybridized carbons (Fsp3) is 0.357. The van der Waals surface area contributed by atoms with Crippen molar-refractivity contribution in [1.29, 1.82) is 0 Å². The molecule has 0 saturated heterocycles. The molecule has 0 spiro atoms. The lowest BCUT2D eigenvalue weighted by Crippen LogP contribution is -2.40. The molecular weight excluding hydrogens is 226 g/mol. The van der Waals surface area contributed by atoms with Crippen molar-refractivity contribution in [3.05, 3.63) is 35.8 Å². The van der Waals surface area contributed by atoms with Gasteiger partial charge in [0.1, 0.15) is 0 Å². The number of pyridine rings is 2. The van der Waals surface area contributed by atoms with E-state index >= 15 is 0 Å². The Morgan fingerprint density at radius 2 is 2.06 bits per heavy atom. The average Bonchev–Trinajstić information content (AvgIpc) is 2.25. The lowest BCUT2D eigenvalue weighted by atomic mass is 10.1. The van der Waals surface area contributed by atoms with E-state index in [0.29, 0.717) is 5.56 Å². The maximum Gasteiger partial charge on any atom is 0.253 e. The third-order valence-electron chi connectivity index (χ3n) is 2.54. The maximum atomic E-state index is 12.2. The number of aromatic nitrogens is 2. The third kappa shape index (κ3) is 2.64. The summed E-state index contributed by atoms with van der Waals surface area (Å²) in [5.74, 6) is -0.0988. The summed E-state index contributed by atoms with van der Waals surface area (Å²) in [5, 5.41) is 3.82. The first-order chi connectivity index (χ1) is 8.37. The van der Waals surface area contributed by atoms with E-state index in [1.165, 1.54) is 0 Å². The van der Waals surface area contributed by atoms with Gasteiger partial charge in [0.15, 0.2) is 0 Å². The second-order valence-electron chi connectivity index (χ2n) is 5.39. The van der Waals surface area contributed by atoms with E-state index in [4.69, 9.17) is 0 Å². The van der Waals surface area contributed by atoms with Crippen molar-refractivity contribution in [1.82, 2.24) is 15.3 Å². The van der Waals surface area contributed by atoms with Crippen LogP contribution < -0.4 is 5.32 Å². The van der Waals surface area contributed by atoms with Crippen molar-refractivity contribution in [3.63, 3.8) is 0 Å². The highest BCUT2D eigenvalue weighted by atomic mass is 16.1. The molecule has 0 aromatic carbocycles. The van der Waals surface area contributed by atoms with Gasteiger partial charge in [-0.3, -0.25) is 14.8 Å². The Bertz CT molecular complexity index is 600. The highest BCUT2D eigenvalue weighted by Gasteiger charge is 2.17. The van der Waals surface area contributed by atoms with Crippen LogP contribution in [0.15, 0.2) is 24.5 Å². The zero-order valence-electron chi connectivity index (χ0n) is 11.1. The van der Waals surface area contributed by atoms with Crippen LogP contribution >= 0.6 is 0 Å². The first-order valence-corrected chi connectivity index (χ1v) is 5.91. The molecule has 1 N–H and O–H groups in total. The first kappa shape index (κ1) is 12.5. The predicted molar refractivity (Wildman–Crippen MR) is 71.5 cm³/mol. The normalized spacial score (nSPS) is 11.6. The molecule has 2 heterocycles. The fourth-order valence-corrected chi connectivity index (χ4v) is 1.75. The first-order valence-electron chi connectivity index (χ1n) is 5.91. The Kier molecular flexibility index (Phi) is 3.03. The van der Waals surface area contributed by atoms with Gasteiger partial charge in [-0.25, -0.2) is 0 Å². The van der Waals surface area contributed by atoms with Crippen molar-refractivity contribution in [2.24, 2.45) is 0 Å². The number of nitrogens with one attached hydrogen (secondary N) is 1. The minimum Gasteiger partial charge on any atom is -0.347 e. The molecular formula is C14H17N3O. The molecule has 2 aromatic rings. The zero-order valence-corrected chi connectivity index (χ0v) is 11.1. The molecule has 4 nitrogen and oxygen atoms in total. The molecule has 0 fully saturated rings. The second-order valence-corrected chi connectivity index (χ2v) is 5.39. The van der Waals surface area contributed by atoms with Crippen LogP contribution in [0.3, 0.4) is 0 Å². The second kappa shape index (κ2) is 4.37. The number of carbonyl (C=O) groups is 1.